The van der Waals surface area contributed by atoms with E-state index in [9.17, 15) is 4.79 Å². The lowest BCUT2D eigenvalue weighted by Crippen LogP contribution is -2.43. The average molecular weight is 276 g/mol. The van der Waals surface area contributed by atoms with Crippen molar-refractivity contribution >= 4 is 5.91 Å². The van der Waals surface area contributed by atoms with Crippen LogP contribution in [-0.2, 0) is 4.79 Å². The molecule has 0 aromatic carbocycles. The number of amides is 1. The molecule has 0 spiro atoms. The van der Waals surface area contributed by atoms with Crippen LogP contribution in [0.25, 0.3) is 0 Å². The second-order valence-electron chi connectivity index (χ2n) is 7.83. The van der Waals surface area contributed by atoms with Crippen LogP contribution in [-0.4, -0.2) is 28.6 Å². The molecule has 1 saturated heterocycles. The molecule has 4 fully saturated rings. The van der Waals surface area contributed by atoms with E-state index in [0.717, 1.165) is 42.9 Å². The van der Waals surface area contributed by atoms with Gasteiger partial charge in [0, 0.05) is 6.04 Å². The molecule has 0 aromatic heterocycles. The highest BCUT2D eigenvalue weighted by atomic mass is 16.2. The van der Waals surface area contributed by atoms with Crippen LogP contribution in [0.5, 0.6) is 0 Å². The zero-order chi connectivity index (χ0) is 14.1. The third kappa shape index (κ3) is 1.53. The molecule has 0 radical (unpaired) electrons. The molecule has 1 heterocycles. The summed E-state index contributed by atoms with van der Waals surface area (Å²) in [4.78, 5) is 15.3. The second kappa shape index (κ2) is 4.22. The van der Waals surface area contributed by atoms with Crippen molar-refractivity contribution in [1.82, 2.24) is 10.2 Å². The topological polar surface area (TPSA) is 32.3 Å². The SMILES string of the molecule is CCCC1NC(C)(CC)C(=O)N1C1C2C3CCC(C3)C21. The lowest BCUT2D eigenvalue weighted by Gasteiger charge is -2.27. The fraction of sp³-hybridized carbons (Fsp3) is 0.941. The largest absolute Gasteiger partial charge is 0.322 e. The van der Waals surface area contributed by atoms with Gasteiger partial charge in [0.1, 0.15) is 0 Å². The Labute approximate surface area is 122 Å². The van der Waals surface area contributed by atoms with Gasteiger partial charge in [-0.15, -0.1) is 0 Å². The van der Waals surface area contributed by atoms with Crippen molar-refractivity contribution in [1.29, 1.82) is 0 Å². The quantitative estimate of drug-likeness (QED) is 0.856. The Morgan fingerprint density at radius 3 is 2.45 bits per heavy atom. The zero-order valence-corrected chi connectivity index (χ0v) is 13.1. The first-order valence-corrected chi connectivity index (χ1v) is 8.71. The third-order valence-corrected chi connectivity index (χ3v) is 6.81. The predicted octanol–water partition coefficient (Wildman–Crippen LogP) is 2.76. The maximum Gasteiger partial charge on any atom is 0.244 e. The van der Waals surface area contributed by atoms with Crippen LogP contribution in [0.15, 0.2) is 0 Å². The average Bonchev–Trinajstić information content (AvgIpc) is 2.77. The second-order valence-corrected chi connectivity index (χ2v) is 7.83. The van der Waals surface area contributed by atoms with E-state index in [2.05, 4.69) is 31.0 Å². The molecule has 3 aliphatic carbocycles. The molecular weight excluding hydrogens is 248 g/mol. The summed E-state index contributed by atoms with van der Waals surface area (Å²) in [6.45, 7) is 6.46. The first-order chi connectivity index (χ1) is 9.60. The lowest BCUT2D eigenvalue weighted by atomic mass is 9.99. The summed E-state index contributed by atoms with van der Waals surface area (Å²) in [7, 11) is 0. The van der Waals surface area contributed by atoms with Crippen LogP contribution in [0, 0.1) is 23.7 Å². The van der Waals surface area contributed by atoms with Gasteiger partial charge in [0.15, 0.2) is 0 Å². The van der Waals surface area contributed by atoms with Crippen LogP contribution < -0.4 is 5.32 Å². The van der Waals surface area contributed by atoms with Gasteiger partial charge in [-0.1, -0.05) is 20.3 Å². The fourth-order valence-electron chi connectivity index (χ4n) is 5.66. The smallest absolute Gasteiger partial charge is 0.244 e. The van der Waals surface area contributed by atoms with Gasteiger partial charge in [0.2, 0.25) is 5.91 Å². The van der Waals surface area contributed by atoms with Crippen LogP contribution in [0.4, 0.5) is 0 Å². The van der Waals surface area contributed by atoms with E-state index in [4.69, 9.17) is 0 Å². The standard InChI is InChI=1S/C17H28N2O/c1-4-6-12-18-17(3,5-2)16(20)19(12)15-13-10-7-8-11(9-10)14(13)15/h10-15,18H,4-9H2,1-3H3. The Kier molecular flexibility index (Phi) is 2.77. The molecule has 2 bridgehead atoms. The monoisotopic (exact) mass is 276 g/mol. The number of nitrogens with one attached hydrogen (secondary N) is 1. The first-order valence-electron chi connectivity index (χ1n) is 8.71. The molecule has 1 aliphatic heterocycles. The van der Waals surface area contributed by atoms with Gasteiger partial charge in [-0.2, -0.15) is 0 Å². The number of carbonyl (C=O) groups is 1. The van der Waals surface area contributed by atoms with Crippen molar-refractivity contribution in [2.24, 2.45) is 23.7 Å². The molecule has 3 heteroatoms. The van der Waals surface area contributed by atoms with Gasteiger partial charge in [0.25, 0.3) is 0 Å². The molecule has 4 aliphatic rings. The van der Waals surface area contributed by atoms with Crippen LogP contribution in [0.1, 0.15) is 59.3 Å². The van der Waals surface area contributed by atoms with Gasteiger partial charge < -0.3 is 4.90 Å². The molecule has 6 unspecified atom stereocenters. The number of carbonyl (C=O) groups excluding carboxylic acids is 1. The molecule has 112 valence electrons. The summed E-state index contributed by atoms with van der Waals surface area (Å²) < 4.78 is 0. The predicted molar refractivity (Wildman–Crippen MR) is 79.0 cm³/mol. The molecule has 6 atom stereocenters. The maximum atomic E-state index is 13.0. The third-order valence-electron chi connectivity index (χ3n) is 6.81. The summed E-state index contributed by atoms with van der Waals surface area (Å²) in [5.74, 6) is 3.99. The summed E-state index contributed by atoms with van der Waals surface area (Å²) in [5, 5.41) is 3.65. The molecule has 0 aromatic rings. The highest BCUT2D eigenvalue weighted by molar-refractivity contribution is 5.89. The summed E-state index contributed by atoms with van der Waals surface area (Å²) >= 11 is 0. The van der Waals surface area contributed by atoms with E-state index in [1.807, 2.05) is 0 Å². The molecule has 1 N–H and O–H groups in total. The number of hydrogen-bond acceptors (Lipinski definition) is 2. The molecular formula is C17H28N2O. The fourth-order valence-corrected chi connectivity index (χ4v) is 5.66. The minimum atomic E-state index is -0.310. The summed E-state index contributed by atoms with van der Waals surface area (Å²) in [6, 6.07) is 0.589. The Morgan fingerprint density at radius 2 is 1.90 bits per heavy atom. The zero-order valence-electron chi connectivity index (χ0n) is 13.1. The Bertz CT molecular complexity index is 421. The van der Waals surface area contributed by atoms with Gasteiger partial charge in [0.05, 0.1) is 11.7 Å². The Morgan fingerprint density at radius 1 is 1.25 bits per heavy atom. The van der Waals surface area contributed by atoms with Crippen molar-refractivity contribution in [3.63, 3.8) is 0 Å². The lowest BCUT2D eigenvalue weighted by molar-refractivity contribution is -0.134. The number of nitrogens with zero attached hydrogens (tertiary/aromatic N) is 1. The van der Waals surface area contributed by atoms with Crippen molar-refractivity contribution < 1.29 is 4.79 Å². The van der Waals surface area contributed by atoms with E-state index in [0.29, 0.717) is 18.1 Å². The number of fused-ring (bicyclic) bond motifs is 5. The van der Waals surface area contributed by atoms with Crippen molar-refractivity contribution in [2.75, 3.05) is 0 Å². The normalized spacial score (nSPS) is 52.8. The van der Waals surface area contributed by atoms with Crippen molar-refractivity contribution in [3.8, 4) is 0 Å². The minimum Gasteiger partial charge on any atom is -0.322 e. The van der Waals surface area contributed by atoms with E-state index < -0.39 is 0 Å². The van der Waals surface area contributed by atoms with Gasteiger partial charge in [-0.05, 0) is 62.7 Å². The molecule has 1 amide bonds. The van der Waals surface area contributed by atoms with Crippen molar-refractivity contribution in [2.45, 2.75) is 77.0 Å². The van der Waals surface area contributed by atoms with Crippen LogP contribution in [0.3, 0.4) is 0 Å². The van der Waals surface area contributed by atoms with Crippen LogP contribution >= 0.6 is 0 Å². The van der Waals surface area contributed by atoms with E-state index in [1.165, 1.54) is 19.3 Å². The molecule has 20 heavy (non-hydrogen) atoms. The van der Waals surface area contributed by atoms with Crippen molar-refractivity contribution in [3.05, 3.63) is 0 Å². The van der Waals surface area contributed by atoms with E-state index in [1.54, 1.807) is 0 Å². The van der Waals surface area contributed by atoms with Gasteiger partial charge >= 0.3 is 0 Å². The van der Waals surface area contributed by atoms with Gasteiger partial charge in [-0.3, -0.25) is 10.1 Å². The molecule has 4 rings (SSSR count). The van der Waals surface area contributed by atoms with Crippen LogP contribution in [0.2, 0.25) is 0 Å². The summed E-state index contributed by atoms with van der Waals surface area (Å²) in [5.41, 5.74) is -0.310. The highest BCUT2D eigenvalue weighted by Gasteiger charge is 2.69. The molecule has 3 saturated carbocycles. The highest BCUT2D eigenvalue weighted by Crippen LogP contribution is 2.68. The Hall–Kier alpha value is -0.570. The van der Waals surface area contributed by atoms with E-state index >= 15 is 0 Å². The summed E-state index contributed by atoms with van der Waals surface area (Å²) in [6.07, 6.45) is 7.78. The maximum absolute atomic E-state index is 13.0. The molecule has 3 nitrogen and oxygen atoms in total. The Balaban J connectivity index is 1.58. The van der Waals surface area contributed by atoms with E-state index in [-0.39, 0.29) is 5.54 Å². The first kappa shape index (κ1) is 13.1. The van der Waals surface area contributed by atoms with Gasteiger partial charge in [-0.25, -0.2) is 0 Å². The minimum absolute atomic E-state index is 0.299. The number of rotatable bonds is 4. The number of hydrogen-bond donors (Lipinski definition) is 1.